The van der Waals surface area contributed by atoms with Crippen molar-refractivity contribution in [1.82, 2.24) is 14.8 Å². The maximum Gasteiger partial charge on any atom is 0.320 e. The molecule has 0 spiro atoms. The lowest BCUT2D eigenvalue weighted by Crippen LogP contribution is -2.30. The molecule has 2 amide bonds. The van der Waals surface area contributed by atoms with Crippen LogP contribution in [-0.4, -0.2) is 47.0 Å². The third kappa shape index (κ3) is 1.16. The van der Waals surface area contributed by atoms with Crippen LogP contribution in [0.3, 0.4) is 0 Å². The monoisotopic (exact) mass is 205 g/mol. The number of likely N-dealkylation sites (N-methyl/N-ethyl adjacent to an activating group) is 1. The van der Waals surface area contributed by atoms with Crippen LogP contribution in [-0.2, 0) is 0 Å². The van der Waals surface area contributed by atoms with E-state index in [1.54, 1.807) is 17.4 Å². The highest BCUT2D eigenvalue weighted by Crippen LogP contribution is 2.27. The summed E-state index contributed by atoms with van der Waals surface area (Å²) in [6.07, 6.45) is 5.23. The van der Waals surface area contributed by atoms with Crippen LogP contribution < -0.4 is 0 Å². The van der Waals surface area contributed by atoms with E-state index < -0.39 is 0 Å². The number of hydrogen-bond donors (Lipinski definition) is 0. The lowest BCUT2D eigenvalue weighted by atomic mass is 10.1. The second kappa shape index (κ2) is 2.85. The third-order valence-electron chi connectivity index (χ3n) is 2.94. The van der Waals surface area contributed by atoms with Crippen molar-refractivity contribution in [2.45, 2.75) is 6.04 Å². The SMILES string of the molecule is CN1C(=O)N2CC(c3ncco3)=CC1C2. The van der Waals surface area contributed by atoms with E-state index in [1.807, 2.05) is 11.9 Å². The summed E-state index contributed by atoms with van der Waals surface area (Å²) in [5.74, 6) is 0.618. The Kier molecular flexibility index (Phi) is 1.62. The van der Waals surface area contributed by atoms with Crippen molar-refractivity contribution in [2.24, 2.45) is 0 Å². The molecule has 2 aliphatic heterocycles. The molecular formula is C10H11N3O2. The van der Waals surface area contributed by atoms with Gasteiger partial charge in [-0.2, -0.15) is 0 Å². The number of nitrogens with zero attached hydrogens (tertiary/aromatic N) is 3. The zero-order chi connectivity index (χ0) is 10.4. The van der Waals surface area contributed by atoms with Crippen molar-refractivity contribution in [3.8, 4) is 0 Å². The van der Waals surface area contributed by atoms with Crippen LogP contribution in [0.1, 0.15) is 5.89 Å². The van der Waals surface area contributed by atoms with Gasteiger partial charge in [-0.15, -0.1) is 0 Å². The Morgan fingerprint density at radius 3 is 3.13 bits per heavy atom. The Bertz CT molecular complexity index is 424. The van der Waals surface area contributed by atoms with E-state index in [0.29, 0.717) is 12.4 Å². The topological polar surface area (TPSA) is 49.6 Å². The first-order valence-electron chi connectivity index (χ1n) is 4.88. The predicted molar refractivity (Wildman–Crippen MR) is 53.0 cm³/mol. The maximum absolute atomic E-state index is 11.7. The molecule has 3 rings (SSSR count). The molecule has 0 saturated carbocycles. The van der Waals surface area contributed by atoms with Crippen molar-refractivity contribution in [3.05, 3.63) is 24.4 Å². The number of carbonyl (C=O) groups is 1. The standard InChI is InChI=1S/C10H11N3O2/c1-12-8-4-7(9-11-2-3-15-9)5-13(6-8)10(12)14/h2-4,8H,5-6H2,1H3. The van der Waals surface area contributed by atoms with Gasteiger partial charge in [0.2, 0.25) is 5.89 Å². The van der Waals surface area contributed by atoms with Gasteiger partial charge in [-0.05, 0) is 6.08 Å². The zero-order valence-electron chi connectivity index (χ0n) is 8.38. The predicted octanol–water partition coefficient (Wildman–Crippen LogP) is 0.808. The summed E-state index contributed by atoms with van der Waals surface area (Å²) in [5.41, 5.74) is 0.994. The molecule has 1 aromatic rings. The Hall–Kier alpha value is -1.78. The number of aromatic nitrogens is 1. The fraction of sp³-hybridized carbons (Fsp3) is 0.400. The highest BCUT2D eigenvalue weighted by atomic mass is 16.3. The minimum Gasteiger partial charge on any atom is -0.445 e. The Balaban J connectivity index is 1.96. The van der Waals surface area contributed by atoms with Crippen LogP contribution in [0.15, 0.2) is 23.0 Å². The van der Waals surface area contributed by atoms with Crippen LogP contribution >= 0.6 is 0 Å². The average Bonchev–Trinajstić information content (AvgIpc) is 2.84. The first-order chi connectivity index (χ1) is 7.25. The summed E-state index contributed by atoms with van der Waals surface area (Å²) >= 11 is 0. The lowest BCUT2D eigenvalue weighted by molar-refractivity contribution is 0.202. The van der Waals surface area contributed by atoms with Crippen LogP contribution in [0.4, 0.5) is 4.79 Å². The minimum atomic E-state index is 0.0813. The second-order valence-electron chi connectivity index (χ2n) is 3.87. The molecule has 0 N–H and O–H groups in total. The van der Waals surface area contributed by atoms with Crippen LogP contribution in [0, 0.1) is 0 Å². The number of hydrogen-bond acceptors (Lipinski definition) is 3. The van der Waals surface area contributed by atoms with E-state index in [2.05, 4.69) is 11.1 Å². The van der Waals surface area contributed by atoms with Crippen molar-refractivity contribution in [2.75, 3.05) is 20.1 Å². The van der Waals surface area contributed by atoms with E-state index in [9.17, 15) is 4.79 Å². The number of urea groups is 1. The second-order valence-corrected chi connectivity index (χ2v) is 3.87. The lowest BCUT2D eigenvalue weighted by Gasteiger charge is -2.19. The van der Waals surface area contributed by atoms with Gasteiger partial charge in [0.1, 0.15) is 6.26 Å². The minimum absolute atomic E-state index is 0.0813. The highest BCUT2D eigenvalue weighted by molar-refractivity contribution is 5.82. The summed E-state index contributed by atoms with van der Waals surface area (Å²) in [6, 6.07) is 0.242. The van der Waals surface area contributed by atoms with Gasteiger partial charge in [0.15, 0.2) is 0 Å². The smallest absolute Gasteiger partial charge is 0.320 e. The van der Waals surface area contributed by atoms with Crippen LogP contribution in [0.25, 0.3) is 5.57 Å². The number of rotatable bonds is 1. The third-order valence-corrected chi connectivity index (χ3v) is 2.94. The molecule has 0 aromatic carbocycles. The van der Waals surface area contributed by atoms with Gasteiger partial charge in [0.05, 0.1) is 18.8 Å². The molecule has 1 saturated heterocycles. The molecule has 1 aromatic heterocycles. The molecule has 78 valence electrons. The van der Waals surface area contributed by atoms with Gasteiger partial charge in [0.25, 0.3) is 0 Å². The molecule has 3 heterocycles. The van der Waals surface area contributed by atoms with E-state index in [4.69, 9.17) is 4.42 Å². The normalized spacial score (nSPS) is 24.7. The fourth-order valence-corrected chi connectivity index (χ4v) is 2.10. The van der Waals surface area contributed by atoms with E-state index >= 15 is 0 Å². The molecule has 0 radical (unpaired) electrons. The van der Waals surface area contributed by atoms with Gasteiger partial charge < -0.3 is 14.2 Å². The molecule has 5 nitrogen and oxygen atoms in total. The number of oxazole rings is 1. The first-order valence-corrected chi connectivity index (χ1v) is 4.88. The number of amides is 2. The van der Waals surface area contributed by atoms with Crippen molar-refractivity contribution >= 4 is 11.6 Å². The Labute approximate surface area is 87.0 Å². The molecule has 2 aliphatic rings. The molecule has 1 unspecified atom stereocenters. The fourth-order valence-electron chi connectivity index (χ4n) is 2.10. The molecule has 1 fully saturated rings. The van der Waals surface area contributed by atoms with Crippen molar-refractivity contribution in [3.63, 3.8) is 0 Å². The van der Waals surface area contributed by atoms with E-state index in [1.165, 1.54) is 0 Å². The highest BCUT2D eigenvalue weighted by Gasteiger charge is 2.38. The van der Waals surface area contributed by atoms with Crippen molar-refractivity contribution in [1.29, 1.82) is 0 Å². The summed E-state index contributed by atoms with van der Waals surface area (Å²) in [6.45, 7) is 1.37. The molecule has 1 atom stereocenters. The van der Waals surface area contributed by atoms with Crippen LogP contribution in [0.2, 0.25) is 0 Å². The summed E-state index contributed by atoms with van der Waals surface area (Å²) in [7, 11) is 1.82. The Morgan fingerprint density at radius 1 is 1.60 bits per heavy atom. The summed E-state index contributed by atoms with van der Waals surface area (Å²) in [5, 5.41) is 0. The van der Waals surface area contributed by atoms with Gasteiger partial charge in [-0.1, -0.05) is 0 Å². The average molecular weight is 205 g/mol. The van der Waals surface area contributed by atoms with E-state index in [0.717, 1.165) is 12.1 Å². The van der Waals surface area contributed by atoms with Gasteiger partial charge >= 0.3 is 6.03 Å². The van der Waals surface area contributed by atoms with Gasteiger partial charge in [-0.25, -0.2) is 9.78 Å². The van der Waals surface area contributed by atoms with Crippen LogP contribution in [0.5, 0.6) is 0 Å². The van der Waals surface area contributed by atoms with Crippen molar-refractivity contribution < 1.29 is 9.21 Å². The summed E-state index contributed by atoms with van der Waals surface area (Å²) < 4.78 is 5.23. The molecule has 5 heteroatoms. The quantitative estimate of drug-likeness (QED) is 0.681. The maximum atomic E-state index is 11.7. The van der Waals surface area contributed by atoms with E-state index in [-0.39, 0.29) is 12.1 Å². The largest absolute Gasteiger partial charge is 0.445 e. The first kappa shape index (κ1) is 8.52. The van der Waals surface area contributed by atoms with Gasteiger partial charge in [0, 0.05) is 19.2 Å². The number of carbonyl (C=O) groups excluding carboxylic acids is 1. The molecule has 2 bridgehead atoms. The summed E-state index contributed by atoms with van der Waals surface area (Å²) in [4.78, 5) is 19.3. The Morgan fingerprint density at radius 2 is 2.47 bits per heavy atom. The molecule has 15 heavy (non-hydrogen) atoms. The molecule has 0 aliphatic carbocycles. The molecular weight excluding hydrogens is 194 g/mol. The van der Waals surface area contributed by atoms with Gasteiger partial charge in [-0.3, -0.25) is 0 Å². The number of fused-ring (bicyclic) bond motifs is 2. The zero-order valence-corrected chi connectivity index (χ0v) is 8.38.